The van der Waals surface area contributed by atoms with Gasteiger partial charge in [-0.15, -0.1) is 23.2 Å². The maximum Gasteiger partial charge on any atom is 0.231 e. The summed E-state index contributed by atoms with van der Waals surface area (Å²) < 4.78 is 31.3. The van der Waals surface area contributed by atoms with Gasteiger partial charge in [-0.05, 0) is 69.5 Å². The molecule has 1 N–H and O–H groups in total. The van der Waals surface area contributed by atoms with Crippen LogP contribution in [0.25, 0.3) is 0 Å². The Morgan fingerprint density at radius 2 is 1.77 bits per heavy atom. The number of alkyl halides is 2. The molecule has 0 heterocycles. The lowest BCUT2D eigenvalue weighted by Crippen LogP contribution is -2.17. The quantitative estimate of drug-likeness (QED) is 0.227. The Kier molecular flexibility index (Phi) is 7.44. The highest BCUT2D eigenvalue weighted by Gasteiger charge is 2.67. The first-order valence-corrected chi connectivity index (χ1v) is 12.2. The maximum absolute atomic E-state index is 14.3. The van der Waals surface area contributed by atoms with Crippen molar-refractivity contribution in [3.8, 4) is 5.75 Å². The van der Waals surface area contributed by atoms with E-state index in [1.165, 1.54) is 49.6 Å². The average Bonchev–Trinajstić information content (AvgIpc) is 3.40. The number of nitrogens with one attached hydrogen (secondary N) is 1. The largest absolute Gasteiger partial charge is 0.495 e. The minimum Gasteiger partial charge on any atom is -0.495 e. The summed E-state index contributed by atoms with van der Waals surface area (Å²) >= 11 is 22.1. The van der Waals surface area contributed by atoms with Crippen LogP contribution in [-0.2, 0) is 11.2 Å². The number of hydrogen-bond donors (Lipinski definition) is 1. The zero-order valence-electron chi connectivity index (χ0n) is 18.1. The van der Waals surface area contributed by atoms with Crippen LogP contribution in [0.3, 0.4) is 0 Å². The number of methoxy groups -OCH3 is 1. The first kappa shape index (κ1) is 25.9. The summed E-state index contributed by atoms with van der Waals surface area (Å²) in [4.78, 5) is 25.8. The molecule has 2 unspecified atom stereocenters. The van der Waals surface area contributed by atoms with Crippen molar-refractivity contribution in [1.82, 2.24) is 0 Å². The zero-order valence-corrected chi connectivity index (χ0v) is 21.9. The molecule has 4 rings (SSSR count). The highest BCUT2D eigenvalue weighted by Crippen LogP contribution is 2.65. The molecule has 0 saturated heterocycles. The zero-order chi connectivity index (χ0) is 25.5. The van der Waals surface area contributed by atoms with Crippen LogP contribution in [0.1, 0.15) is 27.4 Å². The van der Waals surface area contributed by atoms with Crippen molar-refractivity contribution in [2.45, 2.75) is 16.7 Å². The van der Waals surface area contributed by atoms with Crippen LogP contribution in [0.4, 0.5) is 14.5 Å². The molecular formula is C25H17BrCl3F2NO3. The van der Waals surface area contributed by atoms with E-state index in [4.69, 9.17) is 39.5 Å². The number of ether oxygens (including phenoxy) is 1. The van der Waals surface area contributed by atoms with Crippen molar-refractivity contribution in [3.05, 3.63) is 92.4 Å². The van der Waals surface area contributed by atoms with E-state index in [-0.39, 0.29) is 33.0 Å². The van der Waals surface area contributed by atoms with Crippen molar-refractivity contribution < 1.29 is 23.1 Å². The van der Waals surface area contributed by atoms with Gasteiger partial charge in [0.1, 0.15) is 21.7 Å². The summed E-state index contributed by atoms with van der Waals surface area (Å²) in [6.45, 7) is 0. The molecule has 3 aromatic carbocycles. The van der Waals surface area contributed by atoms with Gasteiger partial charge in [0.2, 0.25) is 5.91 Å². The maximum atomic E-state index is 14.3. The van der Waals surface area contributed by atoms with Crippen LogP contribution in [0.5, 0.6) is 5.75 Å². The van der Waals surface area contributed by atoms with E-state index in [1.54, 1.807) is 12.1 Å². The molecule has 1 aliphatic rings. The smallest absolute Gasteiger partial charge is 0.231 e. The second-order valence-electron chi connectivity index (χ2n) is 8.06. The van der Waals surface area contributed by atoms with Crippen LogP contribution >= 0.6 is 50.7 Å². The third-order valence-electron chi connectivity index (χ3n) is 5.74. The fraction of sp³-hybridized carbons (Fsp3) is 0.200. The fourth-order valence-electron chi connectivity index (χ4n) is 3.90. The highest BCUT2D eigenvalue weighted by molar-refractivity contribution is 9.10. The number of hydrogen-bond acceptors (Lipinski definition) is 3. The Morgan fingerprint density at radius 3 is 2.43 bits per heavy atom. The Hall–Kier alpha value is -2.19. The Bertz CT molecular complexity index is 1320. The van der Waals surface area contributed by atoms with Crippen LogP contribution in [0.2, 0.25) is 5.02 Å². The highest BCUT2D eigenvalue weighted by atomic mass is 79.9. The molecule has 0 bridgehead atoms. The number of Topliss-reactive ketones (excluding diaryl/α,β-unsaturated/α-hetero) is 1. The van der Waals surface area contributed by atoms with Crippen molar-refractivity contribution in [1.29, 1.82) is 0 Å². The van der Waals surface area contributed by atoms with Gasteiger partial charge < -0.3 is 10.1 Å². The van der Waals surface area contributed by atoms with Crippen molar-refractivity contribution >= 4 is 68.1 Å². The van der Waals surface area contributed by atoms with Crippen LogP contribution in [-0.4, -0.2) is 23.1 Å². The van der Waals surface area contributed by atoms with Gasteiger partial charge in [0, 0.05) is 23.6 Å². The molecule has 0 radical (unpaired) electrons. The summed E-state index contributed by atoms with van der Waals surface area (Å²) in [5.74, 6) is -3.07. The number of carbonyl (C=O) groups is 2. The normalized spacial score (nSPS) is 18.1. The van der Waals surface area contributed by atoms with Gasteiger partial charge in [-0.3, -0.25) is 9.59 Å². The van der Waals surface area contributed by atoms with Gasteiger partial charge >= 0.3 is 0 Å². The predicted molar refractivity (Wildman–Crippen MR) is 136 cm³/mol. The van der Waals surface area contributed by atoms with E-state index >= 15 is 0 Å². The van der Waals surface area contributed by atoms with E-state index in [0.29, 0.717) is 16.8 Å². The molecule has 0 aliphatic heterocycles. The lowest BCUT2D eigenvalue weighted by atomic mass is 10.0. The minimum absolute atomic E-state index is 0.00549. The Morgan fingerprint density at radius 1 is 1.09 bits per heavy atom. The average molecular weight is 604 g/mol. The molecule has 4 nitrogen and oxygen atoms in total. The number of ketones is 1. The van der Waals surface area contributed by atoms with E-state index in [9.17, 15) is 18.4 Å². The summed E-state index contributed by atoms with van der Waals surface area (Å²) in [7, 11) is 1.39. The monoisotopic (exact) mass is 601 g/mol. The summed E-state index contributed by atoms with van der Waals surface area (Å²) in [6.07, 6.45) is 0.00549. The first-order chi connectivity index (χ1) is 16.5. The summed E-state index contributed by atoms with van der Waals surface area (Å²) in [5, 5.41) is 2.91. The fourth-order valence-corrected chi connectivity index (χ4v) is 5.34. The van der Waals surface area contributed by atoms with E-state index < -0.39 is 33.7 Å². The molecule has 1 saturated carbocycles. The van der Waals surface area contributed by atoms with E-state index in [0.717, 1.165) is 0 Å². The van der Waals surface area contributed by atoms with Gasteiger partial charge in [0.25, 0.3) is 0 Å². The molecule has 1 fully saturated rings. The first-order valence-electron chi connectivity index (χ1n) is 10.3. The lowest BCUT2D eigenvalue weighted by molar-refractivity contribution is -0.117. The predicted octanol–water partition coefficient (Wildman–Crippen LogP) is 7.34. The van der Waals surface area contributed by atoms with Crippen molar-refractivity contribution in [2.75, 3.05) is 12.4 Å². The van der Waals surface area contributed by atoms with Gasteiger partial charge in [-0.2, -0.15) is 0 Å². The van der Waals surface area contributed by atoms with Crippen molar-refractivity contribution in [2.24, 2.45) is 5.92 Å². The third kappa shape index (κ3) is 5.33. The minimum atomic E-state index is -1.46. The van der Waals surface area contributed by atoms with Crippen LogP contribution in [0, 0.1) is 17.6 Å². The second kappa shape index (κ2) is 10.1. The molecular weight excluding hydrogens is 587 g/mol. The van der Waals surface area contributed by atoms with Crippen LogP contribution < -0.4 is 10.1 Å². The second-order valence-corrected chi connectivity index (χ2v) is 10.7. The molecule has 1 amide bonds. The number of amides is 1. The van der Waals surface area contributed by atoms with Crippen LogP contribution in [0.15, 0.2) is 59.1 Å². The van der Waals surface area contributed by atoms with E-state index in [1.807, 2.05) is 0 Å². The van der Waals surface area contributed by atoms with E-state index in [2.05, 4.69) is 21.2 Å². The molecule has 182 valence electrons. The molecule has 10 heteroatoms. The van der Waals surface area contributed by atoms with Gasteiger partial charge in [0.15, 0.2) is 5.78 Å². The Balaban J connectivity index is 1.52. The number of carbonyl (C=O) groups excluding carboxylic acids is 2. The molecule has 1 aliphatic carbocycles. The number of benzene rings is 3. The topological polar surface area (TPSA) is 55.4 Å². The van der Waals surface area contributed by atoms with Gasteiger partial charge in [-0.25, -0.2) is 8.78 Å². The van der Waals surface area contributed by atoms with Crippen molar-refractivity contribution in [3.63, 3.8) is 0 Å². The standard InChI is InChI=1S/C25H17BrCl3F2NO3/c1-35-20-10-13(9-18(31)23(20)26)21-22(25(21,28)29)24(34)32-15-6-7-17(27)16(11-15)19(33)8-12-2-4-14(30)5-3-12/h2-7,9-11,21-22H,8H2,1H3,(H,32,34). The summed E-state index contributed by atoms with van der Waals surface area (Å²) in [6, 6.07) is 12.9. The number of halogens is 6. The van der Waals surface area contributed by atoms with Gasteiger partial charge in [0.05, 0.1) is 22.5 Å². The molecule has 35 heavy (non-hydrogen) atoms. The molecule has 0 aromatic heterocycles. The SMILES string of the molecule is COc1cc(C2C(C(=O)Nc3ccc(Cl)c(C(=O)Cc4ccc(F)cc4)c3)C2(Cl)Cl)cc(F)c1Br. The Labute approximate surface area is 223 Å². The lowest BCUT2D eigenvalue weighted by Gasteiger charge is -2.10. The van der Waals surface area contributed by atoms with Gasteiger partial charge in [-0.1, -0.05) is 23.7 Å². The summed E-state index contributed by atoms with van der Waals surface area (Å²) in [5.41, 5.74) is 1.55. The number of rotatable bonds is 7. The molecule has 3 aromatic rings. The molecule has 0 spiro atoms. The third-order valence-corrected chi connectivity index (χ3v) is 7.78. The molecule has 2 atom stereocenters. The number of anilines is 1.